The van der Waals surface area contributed by atoms with Crippen molar-refractivity contribution < 1.29 is 0 Å². The van der Waals surface area contributed by atoms with E-state index in [0.717, 1.165) is 13.1 Å². The number of nitrogens with two attached hydrogens (primary N) is 1. The Hall–Kier alpha value is -1.35. The molecule has 0 aliphatic carbocycles. The maximum atomic E-state index is 7.36. The van der Waals surface area contributed by atoms with E-state index in [-0.39, 0.29) is 11.8 Å². The third-order valence-corrected chi connectivity index (χ3v) is 2.65. The minimum Gasteiger partial charge on any atom is -0.387 e. The third-order valence-electron chi connectivity index (χ3n) is 2.65. The van der Waals surface area contributed by atoms with Crippen LogP contribution in [0.2, 0.25) is 0 Å². The molecule has 1 atom stereocenters. The lowest BCUT2D eigenvalue weighted by molar-refractivity contribution is 0.306. The number of hydrogen-bond donors (Lipinski definition) is 2. The van der Waals surface area contributed by atoms with Gasteiger partial charge in [-0.15, -0.1) is 0 Å². The quantitative estimate of drug-likeness (QED) is 0.588. The molecule has 0 amide bonds. The Bertz CT molecular complexity index is 360. The Morgan fingerprint density at radius 1 is 1.50 bits per heavy atom. The molecule has 3 heteroatoms. The van der Waals surface area contributed by atoms with E-state index in [1.54, 1.807) is 0 Å². The fraction of sp³-hybridized carbons (Fsp3) is 0.462. The largest absolute Gasteiger partial charge is 0.387 e. The molecule has 88 valence electrons. The zero-order valence-electron chi connectivity index (χ0n) is 10.3. The molecule has 16 heavy (non-hydrogen) atoms. The molecule has 0 aliphatic heterocycles. The van der Waals surface area contributed by atoms with Crippen LogP contribution >= 0.6 is 0 Å². The molecule has 0 saturated heterocycles. The molecule has 3 nitrogen and oxygen atoms in total. The third kappa shape index (κ3) is 4.03. The smallest absolute Gasteiger partial charge is 0.0947 e. The van der Waals surface area contributed by atoms with Gasteiger partial charge in [-0.1, -0.05) is 36.8 Å². The molecule has 0 saturated carbocycles. The highest BCUT2D eigenvalue weighted by atomic mass is 15.1. The second kappa shape index (κ2) is 5.66. The average Bonchev–Trinajstić information content (AvgIpc) is 2.16. The van der Waals surface area contributed by atoms with E-state index < -0.39 is 0 Å². The van der Waals surface area contributed by atoms with E-state index in [4.69, 9.17) is 11.1 Å². The molecule has 3 N–H and O–H groups in total. The first kappa shape index (κ1) is 12.7. The number of benzene rings is 1. The van der Waals surface area contributed by atoms with E-state index >= 15 is 0 Å². The molecule has 0 heterocycles. The number of nitrogens with zero attached hydrogens (tertiary/aromatic N) is 1. The van der Waals surface area contributed by atoms with E-state index in [2.05, 4.69) is 43.1 Å². The van der Waals surface area contributed by atoms with Crippen LogP contribution < -0.4 is 5.73 Å². The Balaban J connectivity index is 2.51. The molecule has 0 fully saturated rings. The van der Waals surface area contributed by atoms with Gasteiger partial charge < -0.3 is 10.6 Å². The van der Waals surface area contributed by atoms with Crippen LogP contribution in [0.1, 0.15) is 18.1 Å². The van der Waals surface area contributed by atoms with E-state index in [1.165, 1.54) is 11.1 Å². The highest BCUT2D eigenvalue weighted by molar-refractivity contribution is 5.79. The lowest BCUT2D eigenvalue weighted by atomic mass is 10.1. The molecule has 0 aromatic heterocycles. The molecular weight excluding hydrogens is 198 g/mol. The molecule has 0 aliphatic rings. The molecule has 0 bridgehead atoms. The van der Waals surface area contributed by atoms with Gasteiger partial charge in [-0.3, -0.25) is 5.41 Å². The Labute approximate surface area is 97.8 Å². The van der Waals surface area contributed by atoms with Crippen molar-refractivity contribution in [2.45, 2.75) is 20.4 Å². The Kier molecular flexibility index (Phi) is 4.50. The van der Waals surface area contributed by atoms with Crippen molar-refractivity contribution in [1.29, 1.82) is 5.41 Å². The summed E-state index contributed by atoms with van der Waals surface area (Å²) >= 11 is 0. The van der Waals surface area contributed by atoms with Crippen molar-refractivity contribution in [3.05, 3.63) is 35.4 Å². The van der Waals surface area contributed by atoms with Gasteiger partial charge in [-0.25, -0.2) is 0 Å². The predicted octanol–water partition coefficient (Wildman–Crippen LogP) is 2.00. The fourth-order valence-electron chi connectivity index (χ4n) is 1.75. The summed E-state index contributed by atoms with van der Waals surface area (Å²) in [6.07, 6.45) is 0. The van der Waals surface area contributed by atoms with E-state index in [9.17, 15) is 0 Å². The van der Waals surface area contributed by atoms with Gasteiger partial charge in [0.1, 0.15) is 0 Å². The van der Waals surface area contributed by atoms with Gasteiger partial charge in [0.15, 0.2) is 0 Å². The first-order valence-electron chi connectivity index (χ1n) is 5.57. The van der Waals surface area contributed by atoms with Crippen molar-refractivity contribution in [2.24, 2.45) is 11.7 Å². The Morgan fingerprint density at radius 2 is 2.19 bits per heavy atom. The van der Waals surface area contributed by atoms with Gasteiger partial charge >= 0.3 is 0 Å². The number of amidine groups is 1. The molecule has 0 spiro atoms. The molecule has 0 radical (unpaired) electrons. The maximum Gasteiger partial charge on any atom is 0.0947 e. The predicted molar refractivity (Wildman–Crippen MR) is 68.6 cm³/mol. The van der Waals surface area contributed by atoms with Crippen molar-refractivity contribution in [2.75, 3.05) is 13.6 Å². The summed E-state index contributed by atoms with van der Waals surface area (Å²) in [7, 11) is 2.06. The number of nitrogens with one attached hydrogen (secondary N) is 1. The summed E-state index contributed by atoms with van der Waals surface area (Å²) in [6, 6.07) is 8.49. The van der Waals surface area contributed by atoms with Crippen LogP contribution in [0.5, 0.6) is 0 Å². The van der Waals surface area contributed by atoms with Gasteiger partial charge in [0.25, 0.3) is 0 Å². The van der Waals surface area contributed by atoms with Crippen LogP contribution in [0.3, 0.4) is 0 Å². The summed E-state index contributed by atoms with van der Waals surface area (Å²) in [5, 5.41) is 7.36. The minimum atomic E-state index is 0.120. The Morgan fingerprint density at radius 3 is 2.75 bits per heavy atom. The van der Waals surface area contributed by atoms with Gasteiger partial charge in [-0.05, 0) is 19.5 Å². The van der Waals surface area contributed by atoms with Crippen molar-refractivity contribution in [3.8, 4) is 0 Å². The van der Waals surface area contributed by atoms with Gasteiger partial charge in [0.2, 0.25) is 0 Å². The first-order chi connectivity index (χ1) is 7.49. The first-order valence-corrected chi connectivity index (χ1v) is 5.57. The van der Waals surface area contributed by atoms with Gasteiger partial charge in [0, 0.05) is 19.0 Å². The zero-order chi connectivity index (χ0) is 12.1. The van der Waals surface area contributed by atoms with Crippen LogP contribution in [0, 0.1) is 18.3 Å². The second-order valence-corrected chi connectivity index (χ2v) is 4.54. The minimum absolute atomic E-state index is 0.120. The SMILES string of the molecule is Cc1cccc(CN(C)CC(C)C(=N)N)c1. The van der Waals surface area contributed by atoms with Crippen molar-refractivity contribution >= 4 is 5.84 Å². The standard InChI is InChI=1S/C13H21N3/c1-10-5-4-6-12(7-10)9-16(3)8-11(2)13(14)15/h4-7,11H,8-9H2,1-3H3,(H3,14,15). The van der Waals surface area contributed by atoms with Crippen molar-refractivity contribution in [3.63, 3.8) is 0 Å². The summed E-state index contributed by atoms with van der Waals surface area (Å²) in [5.74, 6) is 0.380. The molecular formula is C13H21N3. The lowest BCUT2D eigenvalue weighted by Crippen LogP contribution is -2.31. The van der Waals surface area contributed by atoms with Crippen LogP contribution in [-0.4, -0.2) is 24.3 Å². The number of aryl methyl sites for hydroxylation is 1. The lowest BCUT2D eigenvalue weighted by Gasteiger charge is -2.20. The highest BCUT2D eigenvalue weighted by Gasteiger charge is 2.09. The zero-order valence-corrected chi connectivity index (χ0v) is 10.3. The summed E-state index contributed by atoms with van der Waals surface area (Å²) in [4.78, 5) is 2.20. The van der Waals surface area contributed by atoms with Crippen LogP contribution in [0.25, 0.3) is 0 Å². The van der Waals surface area contributed by atoms with Crippen LogP contribution in [-0.2, 0) is 6.54 Å². The number of hydrogen-bond acceptors (Lipinski definition) is 2. The molecule has 1 aromatic rings. The summed E-state index contributed by atoms with van der Waals surface area (Å²) in [6.45, 7) is 5.80. The topological polar surface area (TPSA) is 53.1 Å². The van der Waals surface area contributed by atoms with E-state index in [1.807, 2.05) is 6.92 Å². The molecule has 1 aromatic carbocycles. The normalized spacial score (nSPS) is 12.8. The summed E-state index contributed by atoms with van der Waals surface area (Å²) < 4.78 is 0. The van der Waals surface area contributed by atoms with Crippen LogP contribution in [0.4, 0.5) is 0 Å². The monoisotopic (exact) mass is 219 g/mol. The van der Waals surface area contributed by atoms with E-state index in [0.29, 0.717) is 0 Å². The fourth-order valence-corrected chi connectivity index (χ4v) is 1.75. The second-order valence-electron chi connectivity index (χ2n) is 4.54. The molecule has 1 rings (SSSR count). The van der Waals surface area contributed by atoms with Gasteiger partial charge in [-0.2, -0.15) is 0 Å². The molecule has 1 unspecified atom stereocenters. The number of rotatable bonds is 5. The van der Waals surface area contributed by atoms with Crippen molar-refractivity contribution in [1.82, 2.24) is 4.90 Å². The van der Waals surface area contributed by atoms with Crippen LogP contribution in [0.15, 0.2) is 24.3 Å². The average molecular weight is 219 g/mol. The summed E-state index contributed by atoms with van der Waals surface area (Å²) in [5.41, 5.74) is 8.05. The van der Waals surface area contributed by atoms with Gasteiger partial charge in [0.05, 0.1) is 5.84 Å². The maximum absolute atomic E-state index is 7.36. The highest BCUT2D eigenvalue weighted by Crippen LogP contribution is 2.08.